The van der Waals surface area contributed by atoms with E-state index in [1.54, 1.807) is 36.7 Å². The van der Waals surface area contributed by atoms with Gasteiger partial charge in [0.05, 0.1) is 12.0 Å². The summed E-state index contributed by atoms with van der Waals surface area (Å²) in [5, 5.41) is 0. The van der Waals surface area contributed by atoms with Crippen molar-refractivity contribution < 1.29 is 18.0 Å². The molecule has 2 rings (SSSR count). The molecule has 7 nitrogen and oxygen atoms in total. The Morgan fingerprint density at radius 1 is 1.29 bits per heavy atom. The van der Waals surface area contributed by atoms with Crippen molar-refractivity contribution in [3.63, 3.8) is 0 Å². The van der Waals surface area contributed by atoms with E-state index in [1.165, 1.54) is 23.5 Å². The Kier molecular flexibility index (Phi) is 8.11. The maximum atomic E-state index is 13.5. The zero-order chi connectivity index (χ0) is 20.7. The van der Waals surface area contributed by atoms with Crippen LogP contribution in [0, 0.1) is 5.92 Å². The molecule has 152 valence electrons. The van der Waals surface area contributed by atoms with Crippen molar-refractivity contribution in [1.29, 1.82) is 0 Å². The number of halogens is 1. The highest BCUT2D eigenvalue weighted by Gasteiger charge is 2.36. The van der Waals surface area contributed by atoms with Crippen LogP contribution >= 0.6 is 15.9 Å². The number of nitrogens with zero attached hydrogens (tertiary/aromatic N) is 2. The molecule has 0 spiro atoms. The summed E-state index contributed by atoms with van der Waals surface area (Å²) in [6, 6.07) is 8.98. The van der Waals surface area contributed by atoms with E-state index in [4.69, 9.17) is 4.84 Å². The van der Waals surface area contributed by atoms with Crippen LogP contribution < -0.4 is 5.48 Å². The normalized spacial score (nSPS) is 12.9. The molecule has 0 fully saturated rings. The Bertz CT molecular complexity index is 891. The molecular formula is C19H24BrN3O4S. The molecule has 0 aliphatic heterocycles. The number of benzene rings is 1. The van der Waals surface area contributed by atoms with Crippen molar-refractivity contribution in [1.82, 2.24) is 14.8 Å². The summed E-state index contributed by atoms with van der Waals surface area (Å²) in [6.07, 6.45) is 3.53. The number of hydroxylamine groups is 1. The number of hydrogen-bond donors (Lipinski definition) is 1. The number of rotatable bonds is 9. The molecule has 1 aromatic carbocycles. The zero-order valence-corrected chi connectivity index (χ0v) is 18.4. The van der Waals surface area contributed by atoms with Crippen molar-refractivity contribution in [2.24, 2.45) is 5.92 Å². The molecule has 0 unspecified atom stereocenters. The maximum absolute atomic E-state index is 13.5. The van der Waals surface area contributed by atoms with E-state index in [0.717, 1.165) is 0 Å². The first kappa shape index (κ1) is 22.5. The van der Waals surface area contributed by atoms with Gasteiger partial charge in [-0.05, 0) is 42.2 Å². The Morgan fingerprint density at radius 2 is 2.04 bits per heavy atom. The van der Waals surface area contributed by atoms with Gasteiger partial charge in [-0.1, -0.05) is 41.9 Å². The van der Waals surface area contributed by atoms with Crippen LogP contribution in [0.15, 0.2) is 58.2 Å². The van der Waals surface area contributed by atoms with E-state index >= 15 is 0 Å². The van der Waals surface area contributed by atoms with Crippen molar-refractivity contribution in [2.45, 2.75) is 37.8 Å². The highest BCUT2D eigenvalue weighted by molar-refractivity contribution is 9.10. The predicted molar refractivity (Wildman–Crippen MR) is 110 cm³/mol. The van der Waals surface area contributed by atoms with Crippen molar-refractivity contribution >= 4 is 31.9 Å². The Balaban J connectivity index is 2.54. The van der Waals surface area contributed by atoms with Gasteiger partial charge in [0.1, 0.15) is 6.04 Å². The van der Waals surface area contributed by atoms with Gasteiger partial charge in [0, 0.05) is 23.4 Å². The summed E-state index contributed by atoms with van der Waals surface area (Å²) in [4.78, 5) is 21.6. The monoisotopic (exact) mass is 468 g/mol. The van der Waals surface area contributed by atoms with Crippen LogP contribution in [0.1, 0.15) is 25.8 Å². The lowest BCUT2D eigenvalue weighted by Crippen LogP contribution is -2.49. The molecule has 0 saturated carbocycles. The summed E-state index contributed by atoms with van der Waals surface area (Å²) in [6.45, 7) is 3.87. The van der Waals surface area contributed by atoms with Crippen LogP contribution in [0.5, 0.6) is 0 Å². The van der Waals surface area contributed by atoms with E-state index in [2.05, 4.69) is 26.4 Å². The molecule has 0 radical (unpaired) electrons. The molecule has 0 saturated heterocycles. The van der Waals surface area contributed by atoms with Crippen LogP contribution in [0.25, 0.3) is 0 Å². The van der Waals surface area contributed by atoms with Gasteiger partial charge >= 0.3 is 0 Å². The van der Waals surface area contributed by atoms with E-state index in [1.807, 2.05) is 13.8 Å². The molecule has 0 bridgehead atoms. The van der Waals surface area contributed by atoms with Crippen LogP contribution in [0.3, 0.4) is 0 Å². The summed E-state index contributed by atoms with van der Waals surface area (Å²) >= 11 is 3.31. The molecular weight excluding hydrogens is 445 g/mol. The van der Waals surface area contributed by atoms with E-state index in [9.17, 15) is 13.2 Å². The first-order valence-electron chi connectivity index (χ1n) is 8.75. The smallest absolute Gasteiger partial charge is 0.261 e. The molecule has 2 aromatic rings. The van der Waals surface area contributed by atoms with Crippen LogP contribution in [0.4, 0.5) is 0 Å². The SMILES string of the molecule is CC(C)C[C@H](C(=O)NO[11CH3])N(Cc1cccnc1)S(=O)(=O)c1cccc(Br)c1. The van der Waals surface area contributed by atoms with E-state index in [-0.39, 0.29) is 17.4 Å². The fraction of sp³-hybridized carbons (Fsp3) is 0.368. The van der Waals surface area contributed by atoms with E-state index < -0.39 is 22.0 Å². The lowest BCUT2D eigenvalue weighted by atomic mass is 10.0. The summed E-state index contributed by atoms with van der Waals surface area (Å²) in [5.74, 6) is -0.430. The second-order valence-electron chi connectivity index (χ2n) is 6.68. The molecule has 1 atom stereocenters. The van der Waals surface area contributed by atoms with Gasteiger partial charge in [0.2, 0.25) is 10.0 Å². The first-order valence-corrected chi connectivity index (χ1v) is 11.0. The van der Waals surface area contributed by atoms with Crippen molar-refractivity contribution in [2.75, 3.05) is 7.11 Å². The van der Waals surface area contributed by atoms with Gasteiger partial charge in [0.15, 0.2) is 0 Å². The highest BCUT2D eigenvalue weighted by Crippen LogP contribution is 2.26. The zero-order valence-electron chi connectivity index (χ0n) is 16.0. The number of amides is 1. The second-order valence-corrected chi connectivity index (χ2v) is 9.49. The lowest BCUT2D eigenvalue weighted by Gasteiger charge is -2.31. The maximum Gasteiger partial charge on any atom is 0.261 e. The van der Waals surface area contributed by atoms with Crippen molar-refractivity contribution in [3.8, 4) is 0 Å². The minimum Gasteiger partial charge on any atom is -0.277 e. The van der Waals surface area contributed by atoms with Gasteiger partial charge in [-0.2, -0.15) is 4.31 Å². The summed E-state index contributed by atoms with van der Waals surface area (Å²) < 4.78 is 28.8. The molecule has 1 N–H and O–H groups in total. The number of carbonyl (C=O) groups excluding carboxylic acids is 1. The van der Waals surface area contributed by atoms with Gasteiger partial charge in [-0.25, -0.2) is 13.9 Å². The molecule has 1 heterocycles. The van der Waals surface area contributed by atoms with Crippen molar-refractivity contribution in [3.05, 3.63) is 58.8 Å². The third-order valence-corrected chi connectivity index (χ3v) is 6.36. The molecule has 0 aliphatic carbocycles. The third kappa shape index (κ3) is 5.84. The number of sulfonamides is 1. The standard InChI is InChI=1S/C19H24BrN3O4S/c1-14(2)10-18(19(24)22-27-3)23(13-15-6-5-9-21-12-15)28(25,26)17-8-4-7-16(20)11-17/h4-9,11-12,14,18H,10,13H2,1-3H3,(H,22,24)/t18-/m1/s1/i3-1. The topological polar surface area (TPSA) is 88.6 Å². The van der Waals surface area contributed by atoms with Crippen LogP contribution in [0.2, 0.25) is 0 Å². The fourth-order valence-electron chi connectivity index (χ4n) is 2.77. The largest absolute Gasteiger partial charge is 0.277 e. The molecule has 1 amide bonds. The second kappa shape index (κ2) is 10.1. The predicted octanol–water partition coefficient (Wildman–Crippen LogP) is 3.13. The number of aromatic nitrogens is 1. The fourth-order valence-corrected chi connectivity index (χ4v) is 4.95. The number of nitrogens with one attached hydrogen (secondary N) is 1. The quantitative estimate of drug-likeness (QED) is 0.571. The van der Waals surface area contributed by atoms with Gasteiger partial charge in [-0.15, -0.1) is 0 Å². The number of hydrogen-bond acceptors (Lipinski definition) is 5. The van der Waals surface area contributed by atoms with Gasteiger partial charge < -0.3 is 0 Å². The highest BCUT2D eigenvalue weighted by atomic mass is 79.9. The Labute approximate surface area is 174 Å². The molecule has 28 heavy (non-hydrogen) atoms. The average molecular weight is 469 g/mol. The first-order chi connectivity index (χ1) is 13.3. The van der Waals surface area contributed by atoms with Gasteiger partial charge in [-0.3, -0.25) is 14.6 Å². The third-order valence-electron chi connectivity index (χ3n) is 4.01. The van der Waals surface area contributed by atoms with Crippen LogP contribution in [-0.4, -0.2) is 36.8 Å². The van der Waals surface area contributed by atoms with Gasteiger partial charge in [0.25, 0.3) is 5.91 Å². The molecule has 1 aromatic heterocycles. The number of carbonyl (C=O) groups is 1. The summed E-state index contributed by atoms with van der Waals surface area (Å²) in [7, 11) is -2.65. The minimum atomic E-state index is -3.97. The molecule has 9 heteroatoms. The Hall–Kier alpha value is -1.81. The average Bonchev–Trinajstić information content (AvgIpc) is 2.65. The molecule has 0 aliphatic rings. The lowest BCUT2D eigenvalue weighted by molar-refractivity contribution is -0.136. The van der Waals surface area contributed by atoms with Crippen LogP contribution in [-0.2, 0) is 26.2 Å². The Morgan fingerprint density at radius 3 is 2.61 bits per heavy atom. The minimum absolute atomic E-state index is 0.0111. The number of pyridine rings is 1. The van der Waals surface area contributed by atoms with E-state index in [0.29, 0.717) is 16.5 Å². The summed E-state index contributed by atoms with van der Waals surface area (Å²) in [5.41, 5.74) is 2.96.